The van der Waals surface area contributed by atoms with Gasteiger partial charge < -0.3 is 14.8 Å². The SMILES string of the molecule is O=C(COC(=O)c1csc(-c2ncccn2)n1)NCCc1ccc(OC(F)F)cc1. The third-order valence-electron chi connectivity index (χ3n) is 3.69. The van der Waals surface area contributed by atoms with Crippen molar-refractivity contribution >= 4 is 23.2 Å². The van der Waals surface area contributed by atoms with Crippen molar-refractivity contribution in [2.24, 2.45) is 0 Å². The van der Waals surface area contributed by atoms with Crippen molar-refractivity contribution in [3.05, 3.63) is 59.4 Å². The molecule has 1 amide bonds. The molecule has 0 saturated carbocycles. The van der Waals surface area contributed by atoms with Crippen LogP contribution < -0.4 is 10.1 Å². The van der Waals surface area contributed by atoms with E-state index in [2.05, 4.69) is 25.0 Å². The number of carbonyl (C=O) groups excluding carboxylic acids is 2. The Kier molecular flexibility index (Phi) is 7.33. The van der Waals surface area contributed by atoms with Crippen LogP contribution in [0.3, 0.4) is 0 Å². The number of esters is 1. The first-order valence-electron chi connectivity index (χ1n) is 8.72. The molecule has 3 aromatic rings. The van der Waals surface area contributed by atoms with Crippen LogP contribution in [-0.2, 0) is 16.0 Å². The van der Waals surface area contributed by atoms with E-state index in [1.165, 1.54) is 28.8 Å². The van der Waals surface area contributed by atoms with Crippen molar-refractivity contribution in [2.75, 3.05) is 13.2 Å². The number of halogens is 2. The van der Waals surface area contributed by atoms with E-state index in [9.17, 15) is 18.4 Å². The van der Waals surface area contributed by atoms with E-state index in [-0.39, 0.29) is 18.0 Å². The highest BCUT2D eigenvalue weighted by Gasteiger charge is 2.15. The van der Waals surface area contributed by atoms with Crippen LogP contribution >= 0.6 is 11.3 Å². The summed E-state index contributed by atoms with van der Waals surface area (Å²) in [4.78, 5) is 36.1. The number of rotatable bonds is 9. The van der Waals surface area contributed by atoms with Gasteiger partial charge in [-0.2, -0.15) is 8.78 Å². The van der Waals surface area contributed by atoms with Crippen LogP contribution in [0.15, 0.2) is 48.1 Å². The normalized spacial score (nSPS) is 10.6. The van der Waals surface area contributed by atoms with E-state index in [1.54, 1.807) is 30.6 Å². The van der Waals surface area contributed by atoms with Crippen molar-refractivity contribution in [1.82, 2.24) is 20.3 Å². The van der Waals surface area contributed by atoms with Crippen LogP contribution in [-0.4, -0.2) is 46.6 Å². The molecular formula is C19H16F2N4O4S. The molecule has 2 aromatic heterocycles. The molecule has 1 N–H and O–H groups in total. The molecule has 0 radical (unpaired) electrons. The molecule has 0 aliphatic rings. The number of carbonyl (C=O) groups is 2. The van der Waals surface area contributed by atoms with Gasteiger partial charge >= 0.3 is 12.6 Å². The first-order chi connectivity index (χ1) is 14.5. The number of thiazole rings is 1. The average molecular weight is 434 g/mol. The van der Waals surface area contributed by atoms with Gasteiger partial charge in [-0.1, -0.05) is 12.1 Å². The Labute approximate surface area is 173 Å². The van der Waals surface area contributed by atoms with Gasteiger partial charge in [0.2, 0.25) is 0 Å². The lowest BCUT2D eigenvalue weighted by molar-refractivity contribution is -0.124. The lowest BCUT2D eigenvalue weighted by Gasteiger charge is -2.07. The first-order valence-corrected chi connectivity index (χ1v) is 9.59. The molecule has 30 heavy (non-hydrogen) atoms. The summed E-state index contributed by atoms with van der Waals surface area (Å²) in [6, 6.07) is 7.77. The van der Waals surface area contributed by atoms with Crippen molar-refractivity contribution in [2.45, 2.75) is 13.0 Å². The van der Waals surface area contributed by atoms with Crippen LogP contribution in [0.25, 0.3) is 10.8 Å². The first kappa shape index (κ1) is 21.2. The standard InChI is InChI=1S/C19H16F2N4O4S/c20-19(21)29-13-4-2-12(3-5-13)6-9-22-15(26)10-28-18(27)14-11-30-17(25-14)16-23-7-1-8-24-16/h1-5,7-8,11,19H,6,9-10H2,(H,22,26). The molecule has 8 nitrogen and oxygen atoms in total. The molecule has 0 aliphatic carbocycles. The number of aromatic nitrogens is 3. The maximum Gasteiger partial charge on any atom is 0.387 e. The zero-order valence-electron chi connectivity index (χ0n) is 15.5. The molecule has 156 valence electrons. The molecule has 2 heterocycles. The van der Waals surface area contributed by atoms with Crippen LogP contribution in [0, 0.1) is 0 Å². The molecule has 0 atom stereocenters. The molecule has 3 rings (SSSR count). The van der Waals surface area contributed by atoms with Gasteiger partial charge in [-0.15, -0.1) is 11.3 Å². The lowest BCUT2D eigenvalue weighted by atomic mass is 10.1. The maximum atomic E-state index is 12.1. The van der Waals surface area contributed by atoms with Gasteiger partial charge in [-0.05, 0) is 30.2 Å². The summed E-state index contributed by atoms with van der Waals surface area (Å²) in [6.07, 6.45) is 3.61. The van der Waals surface area contributed by atoms with Crippen molar-refractivity contribution in [1.29, 1.82) is 0 Å². The van der Waals surface area contributed by atoms with Gasteiger partial charge in [0, 0.05) is 24.3 Å². The summed E-state index contributed by atoms with van der Waals surface area (Å²) in [5, 5.41) is 4.59. The summed E-state index contributed by atoms with van der Waals surface area (Å²) in [5.74, 6) is -0.733. The number of nitrogens with one attached hydrogen (secondary N) is 1. The predicted octanol–water partition coefficient (Wildman–Crippen LogP) is 2.72. The Morgan fingerprint density at radius 1 is 1.13 bits per heavy atom. The zero-order chi connectivity index (χ0) is 21.3. The zero-order valence-corrected chi connectivity index (χ0v) is 16.3. The molecule has 0 spiro atoms. The molecule has 11 heteroatoms. The number of benzene rings is 1. The van der Waals surface area contributed by atoms with Gasteiger partial charge in [0.05, 0.1) is 0 Å². The minimum Gasteiger partial charge on any atom is -0.451 e. The van der Waals surface area contributed by atoms with Gasteiger partial charge in [-0.3, -0.25) is 4.79 Å². The van der Waals surface area contributed by atoms with Crippen LogP contribution in [0.5, 0.6) is 5.75 Å². The Balaban J connectivity index is 1.39. The van der Waals surface area contributed by atoms with Crippen LogP contribution in [0.2, 0.25) is 0 Å². The molecule has 1 aromatic carbocycles. The highest BCUT2D eigenvalue weighted by atomic mass is 32.1. The molecular weight excluding hydrogens is 418 g/mol. The van der Waals surface area contributed by atoms with Gasteiger partial charge in [0.25, 0.3) is 5.91 Å². The Bertz CT molecular complexity index is 984. The summed E-state index contributed by atoms with van der Waals surface area (Å²) in [6.45, 7) is -3.04. The lowest BCUT2D eigenvalue weighted by Crippen LogP contribution is -2.30. The Morgan fingerprint density at radius 2 is 1.87 bits per heavy atom. The van der Waals surface area contributed by atoms with Crippen LogP contribution in [0.4, 0.5) is 8.78 Å². The third-order valence-corrected chi connectivity index (χ3v) is 4.53. The predicted molar refractivity (Wildman–Crippen MR) is 103 cm³/mol. The summed E-state index contributed by atoms with van der Waals surface area (Å²) < 4.78 is 33.5. The number of alkyl halides is 2. The highest BCUT2D eigenvalue weighted by Crippen LogP contribution is 2.20. The molecule has 0 saturated heterocycles. The fourth-order valence-corrected chi connectivity index (χ4v) is 3.05. The summed E-state index contributed by atoms with van der Waals surface area (Å²) in [7, 11) is 0. The maximum absolute atomic E-state index is 12.1. The number of hydrogen-bond donors (Lipinski definition) is 1. The van der Waals surface area contributed by atoms with Crippen molar-refractivity contribution in [3.8, 4) is 16.6 Å². The second-order valence-corrected chi connectivity index (χ2v) is 6.67. The van der Waals surface area contributed by atoms with E-state index in [4.69, 9.17) is 4.74 Å². The second-order valence-electron chi connectivity index (χ2n) is 5.81. The average Bonchev–Trinajstić information content (AvgIpc) is 3.24. The van der Waals surface area contributed by atoms with Gasteiger partial charge in [0.15, 0.2) is 23.1 Å². The third kappa shape index (κ3) is 6.27. The van der Waals surface area contributed by atoms with Gasteiger partial charge in [0.1, 0.15) is 5.75 Å². The van der Waals surface area contributed by atoms with Crippen molar-refractivity contribution in [3.63, 3.8) is 0 Å². The van der Waals surface area contributed by atoms with E-state index in [1.807, 2.05) is 0 Å². The van der Waals surface area contributed by atoms with Crippen molar-refractivity contribution < 1.29 is 27.8 Å². The monoisotopic (exact) mass is 434 g/mol. The van der Waals surface area contributed by atoms with Crippen LogP contribution in [0.1, 0.15) is 16.1 Å². The Hall–Kier alpha value is -3.47. The topological polar surface area (TPSA) is 103 Å². The molecule has 0 unspecified atom stereocenters. The van der Waals surface area contributed by atoms with E-state index in [0.717, 1.165) is 5.56 Å². The number of hydrogen-bond acceptors (Lipinski definition) is 8. The summed E-state index contributed by atoms with van der Waals surface area (Å²) >= 11 is 1.19. The molecule has 0 bridgehead atoms. The number of amides is 1. The fraction of sp³-hybridized carbons (Fsp3) is 0.211. The van der Waals surface area contributed by atoms with E-state index >= 15 is 0 Å². The quantitative estimate of drug-likeness (QED) is 0.517. The van der Waals surface area contributed by atoms with Gasteiger partial charge in [-0.25, -0.2) is 19.7 Å². The number of nitrogens with zero attached hydrogens (tertiary/aromatic N) is 3. The molecule has 0 fully saturated rings. The largest absolute Gasteiger partial charge is 0.451 e. The number of ether oxygens (including phenoxy) is 2. The van der Waals surface area contributed by atoms with E-state index in [0.29, 0.717) is 17.3 Å². The minimum absolute atomic E-state index is 0.0636. The summed E-state index contributed by atoms with van der Waals surface area (Å²) in [5.41, 5.74) is 0.897. The Morgan fingerprint density at radius 3 is 2.57 bits per heavy atom. The minimum atomic E-state index is -2.87. The fourth-order valence-electron chi connectivity index (χ4n) is 2.32. The second kappa shape index (κ2) is 10.3. The smallest absolute Gasteiger partial charge is 0.387 e. The highest BCUT2D eigenvalue weighted by molar-refractivity contribution is 7.13. The van der Waals surface area contributed by atoms with E-state index < -0.39 is 25.1 Å². The molecule has 0 aliphatic heterocycles.